The molecule has 10 N–H and O–H groups in total. The molecule has 5 amide bonds. The van der Waals surface area contributed by atoms with Crippen LogP contribution in [0.15, 0.2) is 237 Å². The van der Waals surface area contributed by atoms with E-state index in [-0.39, 0.29) is 72.0 Å². The van der Waals surface area contributed by atoms with Crippen LogP contribution in [0.3, 0.4) is 0 Å². The van der Waals surface area contributed by atoms with E-state index in [0.717, 1.165) is 221 Å². The highest BCUT2D eigenvalue weighted by atomic mass is 19.2. The number of rotatable bonds is 29. The summed E-state index contributed by atoms with van der Waals surface area (Å²) in [5.74, 6) is -1.29. The molecule has 7 aliphatic rings. The number of benzene rings is 12. The Bertz CT molecular complexity index is 6350. The van der Waals surface area contributed by atoms with Gasteiger partial charge >= 0.3 is 0 Å². The average Bonchev–Trinajstić information content (AvgIpc) is 1.78. The largest absolute Gasteiger partial charge is 0.488 e. The van der Waals surface area contributed by atoms with Crippen molar-refractivity contribution in [3.05, 3.63) is 305 Å². The second kappa shape index (κ2) is 46.1. The van der Waals surface area contributed by atoms with Gasteiger partial charge in [0.05, 0.1) is 0 Å². The fourth-order valence-corrected chi connectivity index (χ4v) is 18.3. The zero-order valence-corrected chi connectivity index (χ0v) is 78.2. The second-order valence-electron chi connectivity index (χ2n) is 36.4. The second-order valence-corrected chi connectivity index (χ2v) is 36.4. The van der Waals surface area contributed by atoms with Gasteiger partial charge in [0.2, 0.25) is 5.91 Å². The fourth-order valence-electron chi connectivity index (χ4n) is 18.3. The Balaban J connectivity index is 0.000000146. The van der Waals surface area contributed by atoms with Gasteiger partial charge in [-0.3, -0.25) is 24.0 Å². The van der Waals surface area contributed by atoms with Crippen LogP contribution in [-0.2, 0) is 4.79 Å². The van der Waals surface area contributed by atoms with E-state index >= 15 is 0 Å². The molecule has 12 aromatic carbocycles. The third kappa shape index (κ3) is 25.4. The summed E-state index contributed by atoms with van der Waals surface area (Å²) in [5, 5.41) is 31.8. The van der Waals surface area contributed by atoms with Crippen molar-refractivity contribution in [2.75, 3.05) is 114 Å². The lowest BCUT2D eigenvalue weighted by Gasteiger charge is -2.26. The summed E-state index contributed by atoms with van der Waals surface area (Å²) in [4.78, 5) is 68.2. The molecule has 12 aromatic rings. The first-order valence-corrected chi connectivity index (χ1v) is 48.2. The number of ether oxygens (including phenoxy) is 6. The molecule has 139 heavy (non-hydrogen) atoms. The molecule has 27 heteroatoms. The van der Waals surface area contributed by atoms with Gasteiger partial charge < -0.3 is 86.5 Å². The Kier molecular flexibility index (Phi) is 32.1. The maximum absolute atomic E-state index is 14.2. The summed E-state index contributed by atoms with van der Waals surface area (Å²) < 4.78 is 108. The Morgan fingerprint density at radius 3 is 1.00 bits per heavy atom. The van der Waals surface area contributed by atoms with Gasteiger partial charge in [0.25, 0.3) is 23.6 Å². The van der Waals surface area contributed by atoms with Crippen molar-refractivity contribution in [2.45, 2.75) is 128 Å². The molecular formula is C112H116F5N11O11. The van der Waals surface area contributed by atoms with Crippen molar-refractivity contribution in [3.8, 4) is 101 Å². The highest BCUT2D eigenvalue weighted by molar-refractivity contribution is 6.08. The molecule has 7 fully saturated rings. The molecule has 0 spiro atoms. The van der Waals surface area contributed by atoms with Gasteiger partial charge in [-0.15, -0.1) is 0 Å². The molecule has 0 aromatic heterocycles. The Morgan fingerprint density at radius 1 is 0.309 bits per heavy atom. The average molecular weight is 1890 g/mol. The molecule has 22 nitrogen and oxygen atoms in total. The van der Waals surface area contributed by atoms with Crippen molar-refractivity contribution >= 4 is 46.6 Å². The Labute approximate surface area is 806 Å². The normalized spacial score (nSPS) is 18.2. The van der Waals surface area contributed by atoms with Crippen molar-refractivity contribution in [1.82, 2.24) is 42.1 Å². The van der Waals surface area contributed by atoms with Crippen molar-refractivity contribution in [3.63, 3.8) is 0 Å². The lowest BCUT2D eigenvalue weighted by Crippen LogP contribution is -2.36. The number of nitrogens with zero attached hydrogens (tertiary/aromatic N) is 1. The van der Waals surface area contributed by atoms with Crippen LogP contribution in [0.5, 0.6) is 34.5 Å². The quantitative estimate of drug-likeness (QED) is 0.0154. The van der Waals surface area contributed by atoms with Crippen molar-refractivity contribution in [2.24, 2.45) is 0 Å². The number of piperidine rings is 1. The van der Waals surface area contributed by atoms with Crippen LogP contribution in [-0.4, -0.2) is 169 Å². The van der Waals surface area contributed by atoms with Gasteiger partial charge in [-0.25, -0.2) is 22.0 Å². The van der Waals surface area contributed by atoms with E-state index in [4.69, 9.17) is 28.4 Å². The molecule has 19 rings (SSSR count). The molecule has 0 radical (unpaired) electrons. The first kappa shape index (κ1) is 96.9. The summed E-state index contributed by atoms with van der Waals surface area (Å²) in [6.07, 6.45) is 9.72. The predicted molar refractivity (Wildman–Crippen MR) is 533 cm³/mol. The highest BCUT2D eigenvalue weighted by Crippen LogP contribution is 2.43. The van der Waals surface area contributed by atoms with Gasteiger partial charge in [-0.05, 0) is 321 Å². The number of aryl methyl sites for hydroxylation is 3. The molecule has 0 aliphatic carbocycles. The fraction of sp³-hybridized carbons (Fsp3) is 0.312. The van der Waals surface area contributed by atoms with Gasteiger partial charge in [0, 0.05) is 138 Å². The summed E-state index contributed by atoms with van der Waals surface area (Å²) in [6, 6.07) is 67.7. The minimum atomic E-state index is -0.963. The molecule has 7 heterocycles. The summed E-state index contributed by atoms with van der Waals surface area (Å²) in [5.41, 5.74) is 15.7. The number of nitrogens with one attached hydrogen (secondary N) is 10. The van der Waals surface area contributed by atoms with Crippen LogP contribution >= 0.6 is 0 Å². The van der Waals surface area contributed by atoms with E-state index in [1.54, 1.807) is 66.7 Å². The molecular weight excluding hydrogens is 1770 g/mol. The highest BCUT2D eigenvalue weighted by Gasteiger charge is 2.30. The van der Waals surface area contributed by atoms with Crippen LogP contribution in [0, 0.1) is 49.9 Å². The van der Waals surface area contributed by atoms with Crippen molar-refractivity contribution < 1.29 is 74.3 Å². The molecule has 0 saturated carbocycles. The van der Waals surface area contributed by atoms with Gasteiger partial charge in [-0.2, -0.15) is 0 Å². The maximum Gasteiger partial charge on any atom is 0.255 e. The lowest BCUT2D eigenvalue weighted by atomic mass is 9.97. The van der Waals surface area contributed by atoms with Crippen LogP contribution in [0.25, 0.3) is 66.8 Å². The van der Waals surface area contributed by atoms with Gasteiger partial charge in [-0.1, -0.05) is 90.0 Å². The first-order valence-electron chi connectivity index (χ1n) is 48.2. The summed E-state index contributed by atoms with van der Waals surface area (Å²) >= 11 is 0. The number of carbonyl (C=O) groups is 5. The standard InChI is InChI=1S/C43H48FN5O5.C35H35F2N3O3.C34H33F2N3O3/c44-33-13-10-30(11-14-33)38-26-34(15-17-40(38)54-36-19-22-46-28-36)48-43(52)32-12-16-39(53-35-18-21-45-27-35)37(25-32)29-6-8-31(9-7-29)42(51)47-20-4-5-41(50)49-23-2-1-3-24-49;1-21-3-7-28(22(2)15-21)30-18-25(6-10-34(30)43-27-12-14-39-20-27)40-35(41)24-5-9-33(42-26-11-13-38-19-26)29(16-24)23-4-8-31(36)32(37)17-23;1-21-2-4-22(5-3-21)29-18-25(8-11-33(29)42-27-13-15-38-20-27)39-34(40)24-7-10-32(41-26-12-14-37-19-26)28(16-24)23-6-9-30(35)31(36)17-23/h6-17,25-26,35-36,45-46H,1-5,18-24,27-28H2,(H,47,51)(H,48,52);3-10,15-18,26-27,38-39H,11-14,19-20H2,1-2H3,(H,40,41);2-11,16-18,26-27,37-38H,12-15,19-20H2,1H3,(H,39,40)/t35-,36-;2*26-,27-/m000/s1. The third-order valence-corrected chi connectivity index (χ3v) is 26.0. The first-order chi connectivity index (χ1) is 67.6. The molecule has 0 unspecified atom stereocenters. The topological polar surface area (TPSA) is 264 Å². The van der Waals surface area contributed by atoms with E-state index in [0.29, 0.717) is 117 Å². The predicted octanol–water partition coefficient (Wildman–Crippen LogP) is 19.4. The maximum atomic E-state index is 14.2. The number of hydrogen-bond donors (Lipinski definition) is 10. The number of hydrogen-bond acceptors (Lipinski definition) is 17. The number of likely N-dealkylation sites (tertiary alicyclic amines) is 1. The molecule has 0 bridgehead atoms. The van der Waals surface area contributed by atoms with Crippen LogP contribution < -0.4 is 81.6 Å². The van der Waals surface area contributed by atoms with Crippen LogP contribution in [0.2, 0.25) is 0 Å². The Morgan fingerprint density at radius 2 is 0.633 bits per heavy atom. The number of anilines is 3. The lowest BCUT2D eigenvalue weighted by molar-refractivity contribution is -0.132. The van der Waals surface area contributed by atoms with E-state index in [9.17, 15) is 45.9 Å². The minimum absolute atomic E-state index is 0.000836. The summed E-state index contributed by atoms with van der Waals surface area (Å²) in [7, 11) is 0. The van der Waals surface area contributed by atoms with Gasteiger partial charge in [0.1, 0.15) is 76.9 Å². The summed E-state index contributed by atoms with van der Waals surface area (Å²) in [6.45, 7) is 18.0. The molecule has 6 atom stereocenters. The van der Waals surface area contributed by atoms with Crippen molar-refractivity contribution in [1.29, 1.82) is 0 Å². The van der Waals surface area contributed by atoms with E-state index in [1.807, 2.05) is 115 Å². The van der Waals surface area contributed by atoms with Gasteiger partial charge in [0.15, 0.2) is 23.3 Å². The Hall–Kier alpha value is -13.8. The number of amides is 5. The van der Waals surface area contributed by atoms with Crippen LogP contribution in [0.1, 0.15) is 129 Å². The smallest absolute Gasteiger partial charge is 0.255 e. The molecule has 7 aliphatic heterocycles. The number of halogens is 5. The van der Waals surface area contributed by atoms with E-state index in [1.165, 1.54) is 36.2 Å². The van der Waals surface area contributed by atoms with E-state index in [2.05, 4.69) is 85.2 Å². The molecule has 720 valence electrons. The minimum Gasteiger partial charge on any atom is -0.488 e. The zero-order valence-electron chi connectivity index (χ0n) is 78.2. The zero-order chi connectivity index (χ0) is 96.3. The van der Waals surface area contributed by atoms with Crippen LogP contribution in [0.4, 0.5) is 39.0 Å². The number of carbonyl (C=O) groups excluding carboxylic acids is 5. The SMILES string of the molecule is Cc1ccc(-c2cc(NC(=O)c3ccc(O[C@H]4CCNC4)c(-c4ccc(F)c(F)c4)c3)ccc2O[C@H]2CCNC2)c(C)c1.Cc1ccc(-c2cc(NC(=O)c3ccc(O[C@H]4CCNC4)c(-c4ccc(F)c(F)c4)c3)ccc2O[C@H]2CCNC2)cc1.O=C(NCCCC(=O)N1CCCCC1)c1ccc(-c2cc(C(=O)Nc3ccc(O[C@H]4CCNC4)c(-c4ccc(F)cc4)c3)ccc2O[C@H]2CCNC2)cc1. The third-order valence-electron chi connectivity index (χ3n) is 26.0. The molecule has 7 saturated heterocycles. The van der Waals surface area contributed by atoms with E-state index < -0.39 is 23.3 Å². The monoisotopic (exact) mass is 1890 g/mol.